The Morgan fingerprint density at radius 2 is 1.27 bits per heavy atom. The lowest BCUT2D eigenvalue weighted by molar-refractivity contribution is 0.163. The van der Waals surface area contributed by atoms with Gasteiger partial charge in [-0.15, -0.1) is 0 Å². The Morgan fingerprint density at radius 1 is 0.697 bits per heavy atom. The summed E-state index contributed by atoms with van der Waals surface area (Å²) in [7, 11) is 3.38. The zero-order chi connectivity index (χ0) is 22.4. The van der Waals surface area contributed by atoms with Crippen LogP contribution in [0.15, 0.2) is 78.9 Å². The van der Waals surface area contributed by atoms with Crippen molar-refractivity contribution in [2.24, 2.45) is 0 Å². The highest BCUT2D eigenvalue weighted by atomic mass is 16.5. The predicted molar refractivity (Wildman–Crippen MR) is 132 cm³/mol. The molecule has 33 heavy (non-hydrogen) atoms. The molecule has 0 atom stereocenters. The van der Waals surface area contributed by atoms with Gasteiger partial charge in [-0.25, -0.2) is 0 Å². The van der Waals surface area contributed by atoms with Crippen molar-refractivity contribution >= 4 is 16.8 Å². The van der Waals surface area contributed by atoms with Gasteiger partial charge in [-0.2, -0.15) is 0 Å². The number of methoxy groups -OCH3 is 2. The molecule has 0 saturated carbocycles. The standard InChI is InChI=1S/C30H26O3/c1-31-22-14-10-20(11-15-22)30(21-12-16-23(32-2)17-13-21)19-18-28-26-9-5-8-24(26)25-6-3-4-7-27(25)29(28)33-30/h3-4,6-7,10-19H,5,8-9H2,1-2H3. The van der Waals surface area contributed by atoms with Gasteiger partial charge < -0.3 is 14.2 Å². The largest absolute Gasteiger partial charge is 0.497 e. The van der Waals surface area contributed by atoms with Gasteiger partial charge in [0.15, 0.2) is 5.60 Å². The molecule has 0 amide bonds. The molecule has 164 valence electrons. The van der Waals surface area contributed by atoms with Crippen LogP contribution in [0.5, 0.6) is 17.2 Å². The molecule has 6 rings (SSSR count). The Labute approximate surface area is 194 Å². The van der Waals surface area contributed by atoms with E-state index in [2.05, 4.69) is 60.7 Å². The summed E-state index contributed by atoms with van der Waals surface area (Å²) in [6.07, 6.45) is 7.94. The Morgan fingerprint density at radius 3 is 1.88 bits per heavy atom. The molecule has 1 aliphatic carbocycles. The normalized spacial score (nSPS) is 15.6. The van der Waals surface area contributed by atoms with Crippen LogP contribution in [0.3, 0.4) is 0 Å². The summed E-state index contributed by atoms with van der Waals surface area (Å²) in [6.45, 7) is 0. The molecule has 0 saturated heterocycles. The maximum absolute atomic E-state index is 7.11. The lowest BCUT2D eigenvalue weighted by Gasteiger charge is -2.37. The lowest BCUT2D eigenvalue weighted by atomic mass is 9.82. The van der Waals surface area contributed by atoms with Crippen LogP contribution >= 0.6 is 0 Å². The van der Waals surface area contributed by atoms with E-state index in [1.54, 1.807) is 14.2 Å². The molecule has 3 heteroatoms. The predicted octanol–water partition coefficient (Wildman–Crippen LogP) is 6.70. The van der Waals surface area contributed by atoms with E-state index in [1.807, 2.05) is 24.3 Å². The molecule has 3 nitrogen and oxygen atoms in total. The summed E-state index contributed by atoms with van der Waals surface area (Å²) in [4.78, 5) is 0. The highest BCUT2D eigenvalue weighted by Gasteiger charge is 2.39. The van der Waals surface area contributed by atoms with Gasteiger partial charge >= 0.3 is 0 Å². The molecule has 0 spiro atoms. The van der Waals surface area contributed by atoms with Crippen LogP contribution in [0.4, 0.5) is 0 Å². The fourth-order valence-electron chi connectivity index (χ4n) is 5.40. The average Bonchev–Trinajstić information content (AvgIpc) is 3.39. The summed E-state index contributed by atoms with van der Waals surface area (Å²) in [5.41, 5.74) is 5.52. The average molecular weight is 435 g/mol. The minimum absolute atomic E-state index is 0.749. The minimum Gasteiger partial charge on any atom is -0.497 e. The Balaban J connectivity index is 1.60. The summed E-state index contributed by atoms with van der Waals surface area (Å²) in [6, 6.07) is 25.0. The molecule has 1 heterocycles. The first kappa shape index (κ1) is 19.9. The summed E-state index contributed by atoms with van der Waals surface area (Å²) in [5.74, 6) is 2.62. The fraction of sp³-hybridized carbons (Fsp3) is 0.200. The first-order valence-corrected chi connectivity index (χ1v) is 11.5. The van der Waals surface area contributed by atoms with Crippen molar-refractivity contribution in [2.75, 3.05) is 14.2 Å². The van der Waals surface area contributed by atoms with Gasteiger partial charge in [-0.3, -0.25) is 0 Å². The maximum atomic E-state index is 7.11. The first-order chi connectivity index (χ1) is 16.2. The summed E-state index contributed by atoms with van der Waals surface area (Å²) < 4.78 is 17.9. The van der Waals surface area contributed by atoms with Crippen LogP contribution in [-0.2, 0) is 18.4 Å². The number of benzene rings is 4. The number of rotatable bonds is 4. The van der Waals surface area contributed by atoms with Crippen molar-refractivity contribution < 1.29 is 14.2 Å². The third-order valence-electron chi connectivity index (χ3n) is 7.07. The first-order valence-electron chi connectivity index (χ1n) is 11.5. The SMILES string of the molecule is COc1ccc(C2(c3ccc(OC)cc3)C=Cc3c4c(c5ccccc5c3O2)CCC4)cc1. The quantitative estimate of drug-likeness (QED) is 0.358. The lowest BCUT2D eigenvalue weighted by Crippen LogP contribution is -2.34. The van der Waals surface area contributed by atoms with Crippen LogP contribution in [0, 0.1) is 0 Å². The smallest absolute Gasteiger partial charge is 0.178 e. The summed E-state index contributed by atoms with van der Waals surface area (Å²) in [5, 5.41) is 2.50. The number of ether oxygens (including phenoxy) is 3. The van der Waals surface area contributed by atoms with Crippen molar-refractivity contribution in [2.45, 2.75) is 24.9 Å². The van der Waals surface area contributed by atoms with Crippen LogP contribution in [0.1, 0.15) is 34.2 Å². The number of hydrogen-bond donors (Lipinski definition) is 0. The van der Waals surface area contributed by atoms with Crippen LogP contribution in [-0.4, -0.2) is 14.2 Å². The van der Waals surface area contributed by atoms with E-state index in [9.17, 15) is 0 Å². The summed E-state index contributed by atoms with van der Waals surface area (Å²) >= 11 is 0. The zero-order valence-corrected chi connectivity index (χ0v) is 18.9. The maximum Gasteiger partial charge on any atom is 0.178 e. The molecule has 2 aliphatic rings. The molecule has 0 N–H and O–H groups in total. The topological polar surface area (TPSA) is 27.7 Å². The van der Waals surface area contributed by atoms with E-state index in [0.29, 0.717) is 0 Å². The molecule has 0 bridgehead atoms. The van der Waals surface area contributed by atoms with E-state index < -0.39 is 5.60 Å². The van der Waals surface area contributed by atoms with E-state index in [1.165, 1.54) is 33.9 Å². The second-order valence-electron chi connectivity index (χ2n) is 8.73. The molecule has 0 aromatic heterocycles. The van der Waals surface area contributed by atoms with Crippen LogP contribution in [0.25, 0.3) is 16.8 Å². The number of hydrogen-bond acceptors (Lipinski definition) is 3. The van der Waals surface area contributed by atoms with Crippen molar-refractivity contribution in [1.29, 1.82) is 0 Å². The highest BCUT2D eigenvalue weighted by molar-refractivity contribution is 5.97. The van der Waals surface area contributed by atoms with Gasteiger partial charge in [0.1, 0.15) is 17.2 Å². The monoisotopic (exact) mass is 434 g/mol. The Hall–Kier alpha value is -3.72. The van der Waals surface area contributed by atoms with Crippen LogP contribution in [0.2, 0.25) is 0 Å². The van der Waals surface area contributed by atoms with E-state index in [-0.39, 0.29) is 0 Å². The van der Waals surface area contributed by atoms with Crippen molar-refractivity contribution in [3.05, 3.63) is 107 Å². The molecule has 0 unspecified atom stereocenters. The van der Waals surface area contributed by atoms with Gasteiger partial charge in [-0.05, 0) is 66.1 Å². The molecule has 0 fully saturated rings. The Kier molecular flexibility index (Phi) is 4.65. The molecular formula is C30H26O3. The van der Waals surface area contributed by atoms with Gasteiger partial charge in [0, 0.05) is 22.1 Å². The molecular weight excluding hydrogens is 408 g/mol. The highest BCUT2D eigenvalue weighted by Crippen LogP contribution is 2.49. The second-order valence-corrected chi connectivity index (χ2v) is 8.73. The molecule has 0 radical (unpaired) electrons. The van der Waals surface area contributed by atoms with E-state index in [4.69, 9.17) is 14.2 Å². The van der Waals surface area contributed by atoms with E-state index >= 15 is 0 Å². The number of fused-ring (bicyclic) bond motifs is 6. The van der Waals surface area contributed by atoms with Gasteiger partial charge in [-0.1, -0.05) is 54.6 Å². The van der Waals surface area contributed by atoms with E-state index in [0.717, 1.165) is 41.2 Å². The van der Waals surface area contributed by atoms with Crippen molar-refractivity contribution in [1.82, 2.24) is 0 Å². The Bertz CT molecular complexity index is 1320. The van der Waals surface area contributed by atoms with Gasteiger partial charge in [0.2, 0.25) is 0 Å². The number of aryl methyl sites for hydroxylation is 1. The van der Waals surface area contributed by atoms with Gasteiger partial charge in [0.05, 0.1) is 14.2 Å². The second kappa shape index (κ2) is 7.70. The van der Waals surface area contributed by atoms with Crippen molar-refractivity contribution in [3.8, 4) is 17.2 Å². The van der Waals surface area contributed by atoms with Crippen LogP contribution < -0.4 is 14.2 Å². The molecule has 4 aromatic carbocycles. The third-order valence-corrected chi connectivity index (χ3v) is 7.07. The zero-order valence-electron chi connectivity index (χ0n) is 18.9. The fourth-order valence-corrected chi connectivity index (χ4v) is 5.40. The van der Waals surface area contributed by atoms with Gasteiger partial charge in [0.25, 0.3) is 0 Å². The third kappa shape index (κ3) is 3.03. The molecule has 4 aromatic rings. The molecule has 1 aliphatic heterocycles. The minimum atomic E-state index is -0.749. The van der Waals surface area contributed by atoms with Crippen molar-refractivity contribution in [3.63, 3.8) is 0 Å².